The summed E-state index contributed by atoms with van der Waals surface area (Å²) in [5.74, 6) is 0.991. The van der Waals surface area contributed by atoms with Crippen LogP contribution in [0.15, 0.2) is 6.07 Å². The fourth-order valence-electron chi connectivity index (χ4n) is 3.61. The van der Waals surface area contributed by atoms with E-state index in [9.17, 15) is 4.39 Å². The third-order valence-corrected chi connectivity index (χ3v) is 4.54. The van der Waals surface area contributed by atoms with Gasteiger partial charge in [-0.05, 0) is 69.0 Å². The van der Waals surface area contributed by atoms with E-state index in [4.69, 9.17) is 4.74 Å². The third-order valence-electron chi connectivity index (χ3n) is 4.54. The number of hydrogen-bond donors (Lipinski definition) is 1. The number of anilines is 1. The first-order valence-electron chi connectivity index (χ1n) is 8.04. The van der Waals surface area contributed by atoms with Crippen molar-refractivity contribution in [3.8, 4) is 5.75 Å². The Morgan fingerprint density at radius 1 is 1.38 bits per heavy atom. The highest BCUT2D eigenvalue weighted by molar-refractivity contribution is 5.69. The standard InChI is InChI=1S/C17H25FN2O/c1-12-11-20(9-3-6-18)17-13(2)15-5-8-19-7-4-14(15)10-16(17)21-12/h10,12,19H,3-9,11H2,1-2H3. The number of fused-ring (bicyclic) bond motifs is 2. The smallest absolute Gasteiger partial charge is 0.143 e. The summed E-state index contributed by atoms with van der Waals surface area (Å²) in [5.41, 5.74) is 5.40. The molecule has 2 aliphatic heterocycles. The molecule has 1 aromatic carbocycles. The van der Waals surface area contributed by atoms with Gasteiger partial charge in [-0.15, -0.1) is 0 Å². The first kappa shape index (κ1) is 14.6. The molecule has 0 radical (unpaired) electrons. The predicted molar refractivity (Wildman–Crippen MR) is 84.4 cm³/mol. The van der Waals surface area contributed by atoms with E-state index in [1.54, 1.807) is 0 Å². The molecule has 116 valence electrons. The van der Waals surface area contributed by atoms with Crippen LogP contribution in [0.5, 0.6) is 5.75 Å². The molecule has 0 bridgehead atoms. The molecule has 2 aliphatic rings. The van der Waals surface area contributed by atoms with Crippen molar-refractivity contribution in [3.05, 3.63) is 22.8 Å². The zero-order valence-electron chi connectivity index (χ0n) is 13.0. The number of benzene rings is 1. The van der Waals surface area contributed by atoms with E-state index in [2.05, 4.69) is 30.1 Å². The minimum atomic E-state index is -0.255. The molecule has 0 fully saturated rings. The lowest BCUT2D eigenvalue weighted by Gasteiger charge is -2.37. The minimum Gasteiger partial charge on any atom is -0.487 e. The maximum atomic E-state index is 12.6. The second-order valence-corrected chi connectivity index (χ2v) is 6.15. The van der Waals surface area contributed by atoms with Gasteiger partial charge in [0, 0.05) is 6.54 Å². The Hall–Kier alpha value is -1.29. The van der Waals surface area contributed by atoms with Crippen LogP contribution in [0.3, 0.4) is 0 Å². The average Bonchev–Trinajstić information content (AvgIpc) is 2.70. The Morgan fingerprint density at radius 2 is 2.19 bits per heavy atom. The van der Waals surface area contributed by atoms with Gasteiger partial charge in [-0.25, -0.2) is 0 Å². The van der Waals surface area contributed by atoms with E-state index < -0.39 is 0 Å². The first-order chi connectivity index (χ1) is 10.2. The number of ether oxygens (including phenoxy) is 1. The Bertz CT molecular complexity index is 518. The van der Waals surface area contributed by atoms with Crippen LogP contribution in [0.1, 0.15) is 30.0 Å². The molecule has 2 heterocycles. The van der Waals surface area contributed by atoms with E-state index in [-0.39, 0.29) is 12.8 Å². The lowest BCUT2D eigenvalue weighted by molar-refractivity contribution is 0.211. The molecule has 0 amide bonds. The summed E-state index contributed by atoms with van der Waals surface area (Å²) in [5, 5.41) is 3.46. The Kier molecular flexibility index (Phi) is 4.34. The number of hydrogen-bond acceptors (Lipinski definition) is 3. The highest BCUT2D eigenvalue weighted by Crippen LogP contribution is 2.40. The molecule has 1 atom stereocenters. The van der Waals surface area contributed by atoms with Gasteiger partial charge in [0.05, 0.1) is 18.9 Å². The molecular weight excluding hydrogens is 267 g/mol. The topological polar surface area (TPSA) is 24.5 Å². The van der Waals surface area contributed by atoms with Crippen molar-refractivity contribution < 1.29 is 9.13 Å². The van der Waals surface area contributed by atoms with Gasteiger partial charge in [0.25, 0.3) is 0 Å². The van der Waals surface area contributed by atoms with E-state index in [0.29, 0.717) is 6.42 Å². The van der Waals surface area contributed by atoms with Crippen molar-refractivity contribution >= 4 is 5.69 Å². The second-order valence-electron chi connectivity index (χ2n) is 6.15. The Labute approximate surface area is 126 Å². The fraction of sp³-hybridized carbons (Fsp3) is 0.647. The molecule has 1 aromatic rings. The maximum Gasteiger partial charge on any atom is 0.143 e. The van der Waals surface area contributed by atoms with Crippen molar-refractivity contribution in [2.24, 2.45) is 0 Å². The third kappa shape index (κ3) is 2.86. The summed E-state index contributed by atoms with van der Waals surface area (Å²) in [6.45, 7) is 7.73. The van der Waals surface area contributed by atoms with Crippen LogP contribution in [-0.4, -0.2) is 39.0 Å². The van der Waals surface area contributed by atoms with Gasteiger partial charge >= 0.3 is 0 Å². The summed E-state index contributed by atoms with van der Waals surface area (Å²) in [6.07, 6.45) is 2.88. The summed E-state index contributed by atoms with van der Waals surface area (Å²) < 4.78 is 18.7. The molecule has 0 aliphatic carbocycles. The van der Waals surface area contributed by atoms with Crippen LogP contribution >= 0.6 is 0 Å². The summed E-state index contributed by atoms with van der Waals surface area (Å²) in [6, 6.07) is 2.22. The van der Waals surface area contributed by atoms with Gasteiger partial charge in [-0.2, -0.15) is 0 Å². The number of alkyl halides is 1. The van der Waals surface area contributed by atoms with Crippen LogP contribution in [0.25, 0.3) is 0 Å². The SMILES string of the molecule is Cc1c2c(cc3c1N(CCCF)CC(C)O3)CCNCC2. The predicted octanol–water partition coefficient (Wildman–Crippen LogP) is 2.63. The van der Waals surface area contributed by atoms with Crippen molar-refractivity contribution in [3.63, 3.8) is 0 Å². The van der Waals surface area contributed by atoms with Crippen LogP contribution in [0, 0.1) is 6.92 Å². The molecule has 0 aromatic heterocycles. The molecule has 1 unspecified atom stereocenters. The second kappa shape index (κ2) is 6.22. The summed E-state index contributed by atoms with van der Waals surface area (Å²) >= 11 is 0. The van der Waals surface area contributed by atoms with Crippen molar-refractivity contribution in [1.29, 1.82) is 0 Å². The van der Waals surface area contributed by atoms with E-state index in [1.165, 1.54) is 22.4 Å². The van der Waals surface area contributed by atoms with Gasteiger partial charge < -0.3 is 15.0 Å². The lowest BCUT2D eigenvalue weighted by Crippen LogP contribution is -2.40. The minimum absolute atomic E-state index is 0.165. The monoisotopic (exact) mass is 292 g/mol. The first-order valence-corrected chi connectivity index (χ1v) is 8.04. The van der Waals surface area contributed by atoms with Crippen LogP contribution in [0.2, 0.25) is 0 Å². The van der Waals surface area contributed by atoms with Gasteiger partial charge in [0.2, 0.25) is 0 Å². The molecule has 1 N–H and O–H groups in total. The molecule has 0 saturated heterocycles. The number of nitrogens with zero attached hydrogens (tertiary/aromatic N) is 1. The molecule has 3 rings (SSSR count). The zero-order chi connectivity index (χ0) is 14.8. The van der Waals surface area contributed by atoms with Gasteiger partial charge in [0.1, 0.15) is 11.9 Å². The molecular formula is C17H25FN2O. The van der Waals surface area contributed by atoms with Crippen molar-refractivity contribution in [2.45, 2.75) is 39.2 Å². The van der Waals surface area contributed by atoms with E-state index >= 15 is 0 Å². The highest BCUT2D eigenvalue weighted by Gasteiger charge is 2.27. The number of rotatable bonds is 3. The van der Waals surface area contributed by atoms with Crippen molar-refractivity contribution in [2.75, 3.05) is 37.8 Å². The lowest BCUT2D eigenvalue weighted by atomic mass is 9.94. The summed E-state index contributed by atoms with van der Waals surface area (Å²) in [4.78, 5) is 2.32. The maximum absolute atomic E-state index is 12.6. The highest BCUT2D eigenvalue weighted by atomic mass is 19.1. The average molecular weight is 292 g/mol. The Balaban J connectivity index is 2.02. The largest absolute Gasteiger partial charge is 0.487 e. The fourth-order valence-corrected chi connectivity index (χ4v) is 3.61. The molecule has 0 spiro atoms. The Morgan fingerprint density at radius 3 is 3.00 bits per heavy atom. The van der Waals surface area contributed by atoms with E-state index in [1.807, 2.05) is 0 Å². The number of nitrogens with one attached hydrogen (secondary N) is 1. The molecule has 4 heteroatoms. The van der Waals surface area contributed by atoms with Crippen LogP contribution in [-0.2, 0) is 12.8 Å². The van der Waals surface area contributed by atoms with Crippen molar-refractivity contribution in [1.82, 2.24) is 5.32 Å². The van der Waals surface area contributed by atoms with Crippen LogP contribution < -0.4 is 15.0 Å². The zero-order valence-corrected chi connectivity index (χ0v) is 13.0. The quantitative estimate of drug-likeness (QED) is 0.927. The number of halogens is 1. The normalized spacial score (nSPS) is 21.3. The van der Waals surface area contributed by atoms with Crippen LogP contribution in [0.4, 0.5) is 10.1 Å². The molecule has 3 nitrogen and oxygen atoms in total. The molecule has 21 heavy (non-hydrogen) atoms. The van der Waals surface area contributed by atoms with Gasteiger partial charge in [-0.3, -0.25) is 4.39 Å². The summed E-state index contributed by atoms with van der Waals surface area (Å²) in [7, 11) is 0. The molecule has 0 saturated carbocycles. The van der Waals surface area contributed by atoms with Gasteiger partial charge in [0.15, 0.2) is 0 Å². The van der Waals surface area contributed by atoms with Gasteiger partial charge in [-0.1, -0.05) is 0 Å². The van der Waals surface area contributed by atoms with E-state index in [0.717, 1.165) is 44.8 Å².